The Bertz CT molecular complexity index is 1090. The van der Waals surface area contributed by atoms with E-state index in [1.54, 1.807) is 29.6 Å². The highest BCUT2D eigenvalue weighted by molar-refractivity contribution is 7.12. The van der Waals surface area contributed by atoms with Crippen molar-refractivity contribution in [2.45, 2.75) is 19.9 Å². The summed E-state index contributed by atoms with van der Waals surface area (Å²) in [6.07, 6.45) is 0. The van der Waals surface area contributed by atoms with Gasteiger partial charge in [0.05, 0.1) is 16.5 Å². The molecule has 0 fully saturated rings. The topological polar surface area (TPSA) is 70.5 Å². The molecule has 0 radical (unpaired) electrons. The van der Waals surface area contributed by atoms with Gasteiger partial charge in [-0.05, 0) is 43.0 Å². The fourth-order valence-electron chi connectivity index (χ4n) is 3.34. The van der Waals surface area contributed by atoms with Gasteiger partial charge in [0.15, 0.2) is 5.76 Å². The van der Waals surface area contributed by atoms with Crippen LogP contribution in [0.1, 0.15) is 32.5 Å². The van der Waals surface area contributed by atoms with Gasteiger partial charge in [0.2, 0.25) is 5.78 Å². The van der Waals surface area contributed by atoms with Crippen molar-refractivity contribution in [1.29, 1.82) is 0 Å². The molecule has 1 N–H and O–H groups in total. The van der Waals surface area contributed by atoms with E-state index in [9.17, 15) is 14.7 Å². The number of benzene rings is 1. The highest BCUT2D eigenvalue weighted by Crippen LogP contribution is 2.41. The predicted octanol–water partition coefficient (Wildman–Crippen LogP) is 4.54. The van der Waals surface area contributed by atoms with Gasteiger partial charge in [0.25, 0.3) is 5.91 Å². The van der Waals surface area contributed by atoms with Gasteiger partial charge in [0.1, 0.15) is 5.82 Å². The van der Waals surface area contributed by atoms with Crippen molar-refractivity contribution in [2.24, 2.45) is 0 Å². The second-order valence-electron chi connectivity index (χ2n) is 6.69. The number of aliphatic hydroxyl groups is 1. The summed E-state index contributed by atoms with van der Waals surface area (Å²) >= 11 is 1.28. The summed E-state index contributed by atoms with van der Waals surface area (Å²) in [6.45, 7) is 3.80. The van der Waals surface area contributed by atoms with Gasteiger partial charge in [0, 0.05) is 5.69 Å². The molecule has 0 spiro atoms. The number of aryl methyl sites for hydroxylation is 2. The first-order valence-electron chi connectivity index (χ1n) is 8.82. The maximum Gasteiger partial charge on any atom is 0.295 e. The molecule has 3 aromatic rings. The number of aliphatic hydroxyl groups excluding tert-OH is 1. The molecule has 0 unspecified atom stereocenters. The van der Waals surface area contributed by atoms with Gasteiger partial charge in [-0.15, -0.1) is 11.3 Å². The fraction of sp³-hybridized carbons (Fsp3) is 0.136. The molecule has 1 amide bonds. The van der Waals surface area contributed by atoms with Crippen LogP contribution in [0.15, 0.2) is 71.3 Å². The molecule has 5 nitrogen and oxygen atoms in total. The number of hydrogen-bond acceptors (Lipinski definition) is 5. The van der Waals surface area contributed by atoms with Crippen LogP contribution in [0.3, 0.4) is 0 Å². The SMILES string of the molecule is Cc1ccc([C@H]2C(C(=O)c3cccs3)=C(O)C(=O)N2c2cccc(C)n2)cc1. The van der Waals surface area contributed by atoms with E-state index >= 15 is 0 Å². The molecule has 1 atom stereocenters. The lowest BCUT2D eigenvalue weighted by atomic mass is 9.95. The molecule has 28 heavy (non-hydrogen) atoms. The highest BCUT2D eigenvalue weighted by Gasteiger charge is 2.45. The van der Waals surface area contributed by atoms with Crippen LogP contribution in [-0.2, 0) is 4.79 Å². The maximum atomic E-state index is 13.2. The molecule has 1 aliphatic rings. The number of hydrogen-bond donors (Lipinski definition) is 1. The first kappa shape index (κ1) is 18.1. The number of ketones is 1. The van der Waals surface area contributed by atoms with Gasteiger partial charge in [-0.3, -0.25) is 14.5 Å². The number of anilines is 1. The summed E-state index contributed by atoms with van der Waals surface area (Å²) in [6, 6.07) is 15.6. The van der Waals surface area contributed by atoms with Crippen molar-refractivity contribution < 1.29 is 14.7 Å². The molecule has 3 heterocycles. The number of pyridine rings is 1. The van der Waals surface area contributed by atoms with E-state index in [0.717, 1.165) is 16.8 Å². The minimum atomic E-state index is -0.739. The molecule has 6 heteroatoms. The van der Waals surface area contributed by atoms with Crippen LogP contribution in [0.4, 0.5) is 5.82 Å². The molecule has 4 rings (SSSR count). The summed E-state index contributed by atoms with van der Waals surface area (Å²) in [4.78, 5) is 32.5. The molecule has 0 saturated heterocycles. The average Bonchev–Trinajstić information content (AvgIpc) is 3.30. The number of rotatable bonds is 4. The van der Waals surface area contributed by atoms with Crippen molar-refractivity contribution in [2.75, 3.05) is 4.90 Å². The zero-order valence-electron chi connectivity index (χ0n) is 15.4. The van der Waals surface area contributed by atoms with Gasteiger partial charge in [-0.25, -0.2) is 4.98 Å². The zero-order valence-corrected chi connectivity index (χ0v) is 16.2. The number of aromatic nitrogens is 1. The lowest BCUT2D eigenvalue weighted by Crippen LogP contribution is -2.31. The van der Waals surface area contributed by atoms with Crippen LogP contribution in [0.25, 0.3) is 0 Å². The fourth-order valence-corrected chi connectivity index (χ4v) is 4.02. The van der Waals surface area contributed by atoms with Crippen molar-refractivity contribution in [1.82, 2.24) is 4.98 Å². The van der Waals surface area contributed by atoms with E-state index in [4.69, 9.17) is 0 Å². The number of Topliss-reactive ketones (excluding diaryl/α,β-unsaturated/α-hetero) is 1. The third-order valence-corrected chi connectivity index (χ3v) is 5.58. The standard InChI is InChI=1S/C22H18N2O3S/c1-13-8-10-15(11-9-13)19-18(20(25)16-6-4-12-28-16)21(26)22(27)24(19)17-7-3-5-14(2)23-17/h3-12,19,26H,1-2H3/t19-/m0/s1. The molecular weight excluding hydrogens is 372 g/mol. The summed E-state index contributed by atoms with van der Waals surface area (Å²) in [5.74, 6) is -1.09. The summed E-state index contributed by atoms with van der Waals surface area (Å²) in [5, 5.41) is 12.5. The van der Waals surface area contributed by atoms with E-state index in [-0.39, 0.29) is 11.4 Å². The summed E-state index contributed by atoms with van der Waals surface area (Å²) in [7, 11) is 0. The maximum absolute atomic E-state index is 13.2. The predicted molar refractivity (Wildman–Crippen MR) is 109 cm³/mol. The Morgan fingerprint density at radius 2 is 1.82 bits per heavy atom. The van der Waals surface area contributed by atoms with Crippen LogP contribution in [0.2, 0.25) is 0 Å². The molecule has 1 aliphatic heterocycles. The second kappa shape index (κ2) is 7.05. The lowest BCUT2D eigenvalue weighted by Gasteiger charge is -2.26. The number of nitrogens with zero attached hydrogens (tertiary/aromatic N) is 2. The zero-order chi connectivity index (χ0) is 19.8. The van der Waals surface area contributed by atoms with Crippen LogP contribution < -0.4 is 4.90 Å². The number of amides is 1. The van der Waals surface area contributed by atoms with Crippen LogP contribution in [-0.4, -0.2) is 21.8 Å². The van der Waals surface area contributed by atoms with Gasteiger partial charge in [-0.1, -0.05) is 42.0 Å². The molecule has 2 aromatic heterocycles. The monoisotopic (exact) mass is 390 g/mol. The van der Waals surface area contributed by atoms with Crippen molar-refractivity contribution in [3.8, 4) is 0 Å². The van der Waals surface area contributed by atoms with Crippen LogP contribution in [0.5, 0.6) is 0 Å². The van der Waals surface area contributed by atoms with Gasteiger partial charge < -0.3 is 5.11 Å². The van der Waals surface area contributed by atoms with Crippen LogP contribution >= 0.6 is 11.3 Å². The Morgan fingerprint density at radius 1 is 1.07 bits per heavy atom. The minimum absolute atomic E-state index is 0.0830. The number of carbonyl (C=O) groups is 2. The Morgan fingerprint density at radius 3 is 2.46 bits per heavy atom. The van der Waals surface area contributed by atoms with Gasteiger partial charge >= 0.3 is 0 Å². The molecule has 1 aromatic carbocycles. The van der Waals surface area contributed by atoms with Gasteiger partial charge in [-0.2, -0.15) is 0 Å². The molecule has 140 valence electrons. The molecular formula is C22H18N2O3S. The number of thiophene rings is 1. The van der Waals surface area contributed by atoms with E-state index in [2.05, 4.69) is 4.98 Å². The Hall–Kier alpha value is -3.25. The first-order chi connectivity index (χ1) is 13.5. The summed E-state index contributed by atoms with van der Waals surface area (Å²) in [5.41, 5.74) is 2.63. The van der Waals surface area contributed by atoms with E-state index in [0.29, 0.717) is 10.7 Å². The van der Waals surface area contributed by atoms with E-state index in [1.165, 1.54) is 16.2 Å². The molecule has 0 aliphatic carbocycles. The normalized spacial score (nSPS) is 16.7. The Kier molecular flexibility index (Phi) is 4.57. The molecule has 0 bridgehead atoms. The van der Waals surface area contributed by atoms with Crippen molar-refractivity contribution in [3.05, 3.63) is 93.0 Å². The van der Waals surface area contributed by atoms with Crippen molar-refractivity contribution in [3.63, 3.8) is 0 Å². The minimum Gasteiger partial charge on any atom is -0.503 e. The summed E-state index contributed by atoms with van der Waals surface area (Å²) < 4.78 is 0. The third kappa shape index (κ3) is 3.01. The third-order valence-electron chi connectivity index (χ3n) is 4.71. The quantitative estimate of drug-likeness (QED) is 0.664. The van der Waals surface area contributed by atoms with E-state index in [1.807, 2.05) is 44.2 Å². The lowest BCUT2D eigenvalue weighted by molar-refractivity contribution is -0.117. The van der Waals surface area contributed by atoms with E-state index < -0.39 is 17.7 Å². The highest BCUT2D eigenvalue weighted by atomic mass is 32.1. The van der Waals surface area contributed by atoms with Crippen molar-refractivity contribution >= 4 is 28.8 Å². The largest absolute Gasteiger partial charge is 0.503 e. The first-order valence-corrected chi connectivity index (χ1v) is 9.70. The van der Waals surface area contributed by atoms with Crippen LogP contribution in [0, 0.1) is 13.8 Å². The second-order valence-corrected chi connectivity index (χ2v) is 7.64. The Balaban J connectivity index is 1.89. The molecule has 0 saturated carbocycles. The Labute approximate surface area is 166 Å². The smallest absolute Gasteiger partial charge is 0.295 e. The average molecular weight is 390 g/mol. The number of carbonyl (C=O) groups excluding carboxylic acids is 2.